The SMILES string of the molecule is CNCC1CCN(C(=O)CCCCOc2cc(C)ccc2C)CC1. The van der Waals surface area contributed by atoms with E-state index in [1.54, 1.807) is 0 Å². The van der Waals surface area contributed by atoms with Crippen molar-refractivity contribution in [2.24, 2.45) is 5.92 Å². The topological polar surface area (TPSA) is 41.6 Å². The summed E-state index contributed by atoms with van der Waals surface area (Å²) in [6.07, 6.45) is 4.73. The Morgan fingerprint density at radius 3 is 2.71 bits per heavy atom. The number of carbonyl (C=O) groups excluding carboxylic acids is 1. The van der Waals surface area contributed by atoms with Gasteiger partial charge in [0.05, 0.1) is 6.61 Å². The summed E-state index contributed by atoms with van der Waals surface area (Å²) < 4.78 is 5.85. The molecule has 0 spiro atoms. The molecule has 1 aliphatic rings. The molecule has 1 amide bonds. The van der Waals surface area contributed by atoms with Gasteiger partial charge in [-0.05, 0) is 76.2 Å². The molecule has 1 aromatic rings. The van der Waals surface area contributed by atoms with Crippen LogP contribution in [0.2, 0.25) is 0 Å². The molecule has 1 fully saturated rings. The molecule has 0 bridgehead atoms. The lowest BCUT2D eigenvalue weighted by molar-refractivity contribution is -0.132. The maximum Gasteiger partial charge on any atom is 0.222 e. The van der Waals surface area contributed by atoms with Crippen molar-refractivity contribution < 1.29 is 9.53 Å². The summed E-state index contributed by atoms with van der Waals surface area (Å²) in [5, 5.41) is 3.23. The number of rotatable bonds is 8. The fraction of sp³-hybridized carbons (Fsp3) is 0.650. The van der Waals surface area contributed by atoms with Gasteiger partial charge in [0, 0.05) is 19.5 Å². The van der Waals surface area contributed by atoms with Gasteiger partial charge in [-0.15, -0.1) is 0 Å². The van der Waals surface area contributed by atoms with Crippen LogP contribution in [0.3, 0.4) is 0 Å². The number of piperidine rings is 1. The molecule has 0 atom stereocenters. The average molecular weight is 332 g/mol. The maximum absolute atomic E-state index is 12.3. The number of nitrogens with one attached hydrogen (secondary N) is 1. The van der Waals surface area contributed by atoms with Gasteiger partial charge in [-0.25, -0.2) is 0 Å². The molecular formula is C20H32N2O2. The molecule has 134 valence electrons. The number of hydrogen-bond donors (Lipinski definition) is 1. The quantitative estimate of drug-likeness (QED) is 0.743. The highest BCUT2D eigenvalue weighted by atomic mass is 16.5. The molecule has 1 heterocycles. The first-order valence-electron chi connectivity index (χ1n) is 9.22. The third kappa shape index (κ3) is 5.82. The molecule has 2 rings (SSSR count). The second kappa shape index (κ2) is 9.67. The Labute approximate surface area is 146 Å². The van der Waals surface area contributed by atoms with Gasteiger partial charge >= 0.3 is 0 Å². The Kier molecular flexibility index (Phi) is 7.57. The molecule has 1 N–H and O–H groups in total. The van der Waals surface area contributed by atoms with Crippen molar-refractivity contribution in [3.8, 4) is 5.75 Å². The Bertz CT molecular complexity index is 522. The van der Waals surface area contributed by atoms with Crippen LogP contribution in [-0.4, -0.2) is 44.1 Å². The molecule has 0 aromatic heterocycles. The zero-order valence-corrected chi connectivity index (χ0v) is 15.4. The van der Waals surface area contributed by atoms with Gasteiger partial charge in [0.1, 0.15) is 5.75 Å². The number of ether oxygens (including phenoxy) is 1. The Balaban J connectivity index is 1.60. The van der Waals surface area contributed by atoms with E-state index in [2.05, 4.69) is 37.4 Å². The molecule has 0 unspecified atom stereocenters. The fourth-order valence-corrected chi connectivity index (χ4v) is 3.26. The van der Waals surface area contributed by atoms with Gasteiger partial charge in [-0.2, -0.15) is 0 Å². The van der Waals surface area contributed by atoms with Crippen molar-refractivity contribution in [2.45, 2.75) is 46.0 Å². The Hall–Kier alpha value is -1.55. The standard InChI is InChI=1S/C20H32N2O2/c1-16-7-8-17(2)19(14-16)24-13-5-4-6-20(23)22-11-9-18(10-12-22)15-21-3/h7-8,14,18,21H,4-6,9-13,15H2,1-3H3. The second-order valence-corrected chi connectivity index (χ2v) is 6.96. The van der Waals surface area contributed by atoms with E-state index in [0.29, 0.717) is 18.9 Å². The van der Waals surface area contributed by atoms with E-state index in [9.17, 15) is 4.79 Å². The highest BCUT2D eigenvalue weighted by molar-refractivity contribution is 5.76. The van der Waals surface area contributed by atoms with Crippen molar-refractivity contribution in [3.05, 3.63) is 29.3 Å². The van der Waals surface area contributed by atoms with Gasteiger partial charge in [-0.3, -0.25) is 4.79 Å². The van der Waals surface area contributed by atoms with E-state index < -0.39 is 0 Å². The zero-order valence-electron chi connectivity index (χ0n) is 15.4. The minimum Gasteiger partial charge on any atom is -0.493 e. The van der Waals surface area contributed by atoms with Crippen molar-refractivity contribution in [3.63, 3.8) is 0 Å². The van der Waals surface area contributed by atoms with Crippen LogP contribution in [0.5, 0.6) is 5.75 Å². The van der Waals surface area contributed by atoms with Crippen LogP contribution in [0, 0.1) is 19.8 Å². The first kappa shape index (κ1) is 18.8. The summed E-state index contributed by atoms with van der Waals surface area (Å²) in [7, 11) is 2.00. The molecular weight excluding hydrogens is 300 g/mol. The molecule has 0 aliphatic carbocycles. The summed E-state index contributed by atoms with van der Waals surface area (Å²) in [4.78, 5) is 14.3. The number of benzene rings is 1. The highest BCUT2D eigenvalue weighted by Gasteiger charge is 2.21. The van der Waals surface area contributed by atoms with Crippen LogP contribution in [0.15, 0.2) is 18.2 Å². The predicted molar refractivity (Wildman–Crippen MR) is 98.5 cm³/mol. The maximum atomic E-state index is 12.3. The molecule has 1 aliphatic heterocycles. The lowest BCUT2D eigenvalue weighted by atomic mass is 9.96. The van der Waals surface area contributed by atoms with E-state index in [1.165, 1.54) is 11.1 Å². The summed E-state index contributed by atoms with van der Waals surface area (Å²) in [6.45, 7) is 7.73. The van der Waals surface area contributed by atoms with Crippen LogP contribution in [0.25, 0.3) is 0 Å². The molecule has 4 heteroatoms. The van der Waals surface area contributed by atoms with Gasteiger partial charge in [0.15, 0.2) is 0 Å². The van der Waals surface area contributed by atoms with Crippen molar-refractivity contribution in [1.29, 1.82) is 0 Å². The highest BCUT2D eigenvalue weighted by Crippen LogP contribution is 2.20. The first-order chi connectivity index (χ1) is 11.6. The van der Waals surface area contributed by atoms with E-state index >= 15 is 0 Å². The molecule has 0 saturated carbocycles. The van der Waals surface area contributed by atoms with E-state index in [0.717, 1.165) is 57.0 Å². The summed E-state index contributed by atoms with van der Waals surface area (Å²) in [6, 6.07) is 6.27. The van der Waals surface area contributed by atoms with E-state index in [1.807, 2.05) is 11.9 Å². The summed E-state index contributed by atoms with van der Waals surface area (Å²) >= 11 is 0. The van der Waals surface area contributed by atoms with Crippen LogP contribution in [-0.2, 0) is 4.79 Å². The second-order valence-electron chi connectivity index (χ2n) is 6.96. The van der Waals surface area contributed by atoms with E-state index in [-0.39, 0.29) is 0 Å². The first-order valence-corrected chi connectivity index (χ1v) is 9.22. The van der Waals surface area contributed by atoms with Crippen molar-refractivity contribution in [2.75, 3.05) is 33.3 Å². The van der Waals surface area contributed by atoms with Gasteiger partial charge in [0.25, 0.3) is 0 Å². The smallest absolute Gasteiger partial charge is 0.222 e. The lowest BCUT2D eigenvalue weighted by Crippen LogP contribution is -2.40. The fourth-order valence-electron chi connectivity index (χ4n) is 3.26. The zero-order chi connectivity index (χ0) is 17.4. The number of carbonyl (C=O) groups is 1. The van der Waals surface area contributed by atoms with Crippen molar-refractivity contribution in [1.82, 2.24) is 10.2 Å². The minimum absolute atomic E-state index is 0.310. The predicted octanol–water partition coefficient (Wildman–Crippen LogP) is 3.31. The Morgan fingerprint density at radius 1 is 1.25 bits per heavy atom. The summed E-state index contributed by atoms with van der Waals surface area (Å²) in [5.41, 5.74) is 2.38. The monoisotopic (exact) mass is 332 g/mol. The number of hydrogen-bond acceptors (Lipinski definition) is 3. The molecule has 24 heavy (non-hydrogen) atoms. The van der Waals surface area contributed by atoms with Gasteiger partial charge < -0.3 is 15.0 Å². The van der Waals surface area contributed by atoms with Crippen LogP contribution in [0.4, 0.5) is 0 Å². The van der Waals surface area contributed by atoms with Gasteiger partial charge in [-0.1, -0.05) is 12.1 Å². The number of likely N-dealkylation sites (tertiary alicyclic amines) is 1. The number of unbranched alkanes of at least 4 members (excludes halogenated alkanes) is 1. The van der Waals surface area contributed by atoms with Crippen LogP contribution in [0.1, 0.15) is 43.2 Å². The number of amides is 1. The summed E-state index contributed by atoms with van der Waals surface area (Å²) in [5.74, 6) is 2.00. The van der Waals surface area contributed by atoms with Crippen molar-refractivity contribution >= 4 is 5.91 Å². The van der Waals surface area contributed by atoms with Gasteiger partial charge in [0.2, 0.25) is 5.91 Å². The van der Waals surface area contributed by atoms with E-state index in [4.69, 9.17) is 4.74 Å². The Morgan fingerprint density at radius 2 is 2.00 bits per heavy atom. The van der Waals surface area contributed by atoms with Crippen LogP contribution >= 0.6 is 0 Å². The molecule has 1 saturated heterocycles. The third-order valence-corrected chi connectivity index (χ3v) is 4.85. The normalized spacial score (nSPS) is 15.5. The molecule has 0 radical (unpaired) electrons. The largest absolute Gasteiger partial charge is 0.493 e. The minimum atomic E-state index is 0.310. The number of aryl methyl sites for hydroxylation is 2. The lowest BCUT2D eigenvalue weighted by Gasteiger charge is -2.32. The van der Waals surface area contributed by atoms with Crippen LogP contribution < -0.4 is 10.1 Å². The molecule has 1 aromatic carbocycles. The molecule has 4 nitrogen and oxygen atoms in total. The average Bonchev–Trinajstić information content (AvgIpc) is 2.58. The number of nitrogens with zero attached hydrogens (tertiary/aromatic N) is 1. The third-order valence-electron chi connectivity index (χ3n) is 4.85.